The molecule has 7 nitrogen and oxygen atoms in total. The number of anilines is 1. The van der Waals surface area contributed by atoms with Gasteiger partial charge in [-0.25, -0.2) is 9.78 Å². The van der Waals surface area contributed by atoms with Gasteiger partial charge in [0.15, 0.2) is 5.52 Å². The molecule has 1 amide bonds. The molecule has 2 heterocycles. The number of amides is 1. The van der Waals surface area contributed by atoms with Crippen LogP contribution in [-0.4, -0.2) is 20.0 Å². The van der Waals surface area contributed by atoms with Crippen LogP contribution in [-0.2, 0) is 17.9 Å². The molecule has 0 radical (unpaired) electrons. The van der Waals surface area contributed by atoms with Crippen molar-refractivity contribution in [3.05, 3.63) is 104 Å². The molecule has 0 unspecified atom stereocenters. The number of aromatic nitrogens is 3. The van der Waals surface area contributed by atoms with E-state index in [1.54, 1.807) is 36.4 Å². The first kappa shape index (κ1) is 20.6. The largest absolute Gasteiger partial charge is 0.332 e. The van der Waals surface area contributed by atoms with Crippen molar-refractivity contribution in [3.63, 3.8) is 0 Å². The predicted octanol–water partition coefficient (Wildman–Crippen LogP) is 3.21. The number of benzene rings is 2. The van der Waals surface area contributed by atoms with E-state index in [9.17, 15) is 14.4 Å². The van der Waals surface area contributed by atoms with Crippen molar-refractivity contribution in [2.75, 3.05) is 5.32 Å². The van der Waals surface area contributed by atoms with E-state index in [-0.39, 0.29) is 18.6 Å². The van der Waals surface area contributed by atoms with Gasteiger partial charge in [-0.05, 0) is 48.9 Å². The molecule has 0 atom stereocenters. The van der Waals surface area contributed by atoms with E-state index in [2.05, 4.69) is 10.3 Å². The zero-order valence-corrected chi connectivity index (χ0v) is 17.5. The first-order valence-electron chi connectivity index (χ1n) is 9.62. The average molecular weight is 435 g/mol. The normalized spacial score (nSPS) is 10.9. The Balaban J connectivity index is 1.74. The molecule has 4 rings (SSSR count). The average Bonchev–Trinajstić information content (AvgIpc) is 2.77. The molecule has 31 heavy (non-hydrogen) atoms. The maximum absolute atomic E-state index is 13.2. The Bertz CT molecular complexity index is 1370. The summed E-state index contributed by atoms with van der Waals surface area (Å²) in [7, 11) is 0. The lowest BCUT2D eigenvalue weighted by molar-refractivity contribution is -0.116. The molecule has 8 heteroatoms. The summed E-state index contributed by atoms with van der Waals surface area (Å²) in [5, 5.41) is 3.28. The third kappa shape index (κ3) is 4.41. The van der Waals surface area contributed by atoms with Crippen LogP contribution in [0.15, 0.2) is 76.4 Å². The molecule has 0 saturated heterocycles. The van der Waals surface area contributed by atoms with Crippen LogP contribution in [0.5, 0.6) is 0 Å². The minimum absolute atomic E-state index is 0.0866. The van der Waals surface area contributed by atoms with Crippen molar-refractivity contribution in [2.24, 2.45) is 0 Å². The zero-order chi connectivity index (χ0) is 22.0. The number of hydrogen-bond acceptors (Lipinski definition) is 4. The summed E-state index contributed by atoms with van der Waals surface area (Å²) < 4.78 is 2.37. The quantitative estimate of drug-likeness (QED) is 0.522. The molecule has 0 saturated carbocycles. The van der Waals surface area contributed by atoms with Crippen molar-refractivity contribution in [2.45, 2.75) is 20.0 Å². The second-order valence-electron chi connectivity index (χ2n) is 7.17. The summed E-state index contributed by atoms with van der Waals surface area (Å²) in [6.45, 7) is 1.78. The van der Waals surface area contributed by atoms with Gasteiger partial charge in [0.05, 0.1) is 12.1 Å². The summed E-state index contributed by atoms with van der Waals surface area (Å²) in [6.07, 6.45) is 1.49. The Hall–Kier alpha value is -3.71. The molecular formula is C23H19ClN4O3. The highest BCUT2D eigenvalue weighted by molar-refractivity contribution is 6.30. The minimum Gasteiger partial charge on any atom is -0.325 e. The fourth-order valence-electron chi connectivity index (χ4n) is 3.29. The number of carbonyl (C=O) groups excluding carboxylic acids is 1. The Morgan fingerprint density at radius 3 is 2.42 bits per heavy atom. The van der Waals surface area contributed by atoms with E-state index in [0.29, 0.717) is 16.2 Å². The molecule has 0 aliphatic heterocycles. The predicted molar refractivity (Wildman–Crippen MR) is 121 cm³/mol. The van der Waals surface area contributed by atoms with Crippen LogP contribution in [0.25, 0.3) is 11.0 Å². The summed E-state index contributed by atoms with van der Waals surface area (Å²) >= 11 is 5.87. The third-order valence-corrected chi connectivity index (χ3v) is 5.13. The van der Waals surface area contributed by atoms with Gasteiger partial charge in [-0.1, -0.05) is 41.4 Å². The molecule has 2 aromatic heterocycles. The molecule has 156 valence electrons. The van der Waals surface area contributed by atoms with Crippen LogP contribution < -0.4 is 16.6 Å². The minimum atomic E-state index is -0.572. The number of halogens is 1. The number of nitrogens with one attached hydrogen (secondary N) is 1. The maximum atomic E-state index is 13.2. The molecule has 0 bridgehead atoms. The van der Waals surface area contributed by atoms with E-state index in [1.807, 2.05) is 31.2 Å². The Labute approximate surface area is 182 Å². The van der Waals surface area contributed by atoms with Gasteiger partial charge in [-0.2, -0.15) is 0 Å². The first-order valence-corrected chi connectivity index (χ1v) is 9.99. The topological polar surface area (TPSA) is 86.0 Å². The molecule has 2 aromatic carbocycles. The van der Waals surface area contributed by atoms with E-state index in [0.717, 1.165) is 15.7 Å². The number of fused-ring (bicyclic) bond motifs is 1. The fourth-order valence-corrected chi connectivity index (χ4v) is 3.41. The van der Waals surface area contributed by atoms with Crippen molar-refractivity contribution >= 4 is 34.2 Å². The summed E-state index contributed by atoms with van der Waals surface area (Å²) in [4.78, 5) is 43.0. The van der Waals surface area contributed by atoms with E-state index >= 15 is 0 Å². The highest BCUT2D eigenvalue weighted by Crippen LogP contribution is 2.14. The first-order chi connectivity index (χ1) is 14.9. The van der Waals surface area contributed by atoms with Crippen molar-refractivity contribution in [1.29, 1.82) is 0 Å². The van der Waals surface area contributed by atoms with Crippen LogP contribution in [0.4, 0.5) is 5.69 Å². The number of rotatable bonds is 5. The van der Waals surface area contributed by atoms with Crippen LogP contribution in [0.1, 0.15) is 11.1 Å². The monoisotopic (exact) mass is 434 g/mol. The third-order valence-electron chi connectivity index (χ3n) is 4.88. The van der Waals surface area contributed by atoms with E-state index < -0.39 is 17.2 Å². The molecule has 4 aromatic rings. The van der Waals surface area contributed by atoms with Crippen molar-refractivity contribution < 1.29 is 4.79 Å². The second-order valence-corrected chi connectivity index (χ2v) is 7.61. The Morgan fingerprint density at radius 2 is 1.71 bits per heavy atom. The lowest BCUT2D eigenvalue weighted by Crippen LogP contribution is -2.42. The van der Waals surface area contributed by atoms with Gasteiger partial charge in [-0.15, -0.1) is 0 Å². The highest BCUT2D eigenvalue weighted by Gasteiger charge is 2.16. The number of carbonyl (C=O) groups is 1. The van der Waals surface area contributed by atoms with Crippen LogP contribution >= 0.6 is 11.6 Å². The van der Waals surface area contributed by atoms with Gasteiger partial charge in [0, 0.05) is 16.9 Å². The molecule has 1 N–H and O–H groups in total. The lowest BCUT2D eigenvalue weighted by atomic mass is 10.1. The standard InChI is InChI=1S/C23H19ClN4O3/c1-15-4-6-16(7-5-15)13-28-22(30)21-19(3-2-12-25-21)27(23(28)31)14-20(29)26-18-10-8-17(24)9-11-18/h2-12H,13-14H2,1H3,(H,26,29). The van der Waals surface area contributed by atoms with Gasteiger partial charge in [0.25, 0.3) is 5.56 Å². The van der Waals surface area contributed by atoms with Crippen LogP contribution in [0.2, 0.25) is 5.02 Å². The van der Waals surface area contributed by atoms with Crippen molar-refractivity contribution in [3.8, 4) is 0 Å². The number of nitrogens with zero attached hydrogens (tertiary/aromatic N) is 3. The maximum Gasteiger partial charge on any atom is 0.332 e. The molecule has 0 spiro atoms. The van der Waals surface area contributed by atoms with E-state index in [1.165, 1.54) is 10.8 Å². The van der Waals surface area contributed by atoms with Gasteiger partial charge < -0.3 is 5.32 Å². The van der Waals surface area contributed by atoms with Crippen LogP contribution in [0.3, 0.4) is 0 Å². The number of aryl methyl sites for hydroxylation is 1. The van der Waals surface area contributed by atoms with E-state index in [4.69, 9.17) is 11.6 Å². The van der Waals surface area contributed by atoms with Crippen molar-refractivity contribution in [1.82, 2.24) is 14.1 Å². The number of pyridine rings is 1. The molecule has 0 aliphatic rings. The highest BCUT2D eigenvalue weighted by atomic mass is 35.5. The summed E-state index contributed by atoms with van der Waals surface area (Å²) in [5.74, 6) is -0.407. The van der Waals surface area contributed by atoms with Gasteiger partial charge in [-0.3, -0.25) is 18.7 Å². The van der Waals surface area contributed by atoms with Crippen LogP contribution in [0, 0.1) is 6.92 Å². The Kier molecular flexibility index (Phi) is 5.68. The zero-order valence-electron chi connectivity index (χ0n) is 16.7. The molecular weight excluding hydrogens is 416 g/mol. The Morgan fingerprint density at radius 1 is 1.00 bits per heavy atom. The summed E-state index contributed by atoms with van der Waals surface area (Å²) in [6, 6.07) is 17.4. The molecule has 0 aliphatic carbocycles. The summed E-state index contributed by atoms with van der Waals surface area (Å²) in [5.41, 5.74) is 1.81. The smallest absolute Gasteiger partial charge is 0.325 e. The fraction of sp³-hybridized carbons (Fsp3) is 0.130. The second kappa shape index (κ2) is 8.57. The SMILES string of the molecule is Cc1ccc(Cn2c(=O)c3ncccc3n(CC(=O)Nc3ccc(Cl)cc3)c2=O)cc1. The lowest BCUT2D eigenvalue weighted by Gasteiger charge is -2.14. The van der Waals surface area contributed by atoms with Gasteiger partial charge >= 0.3 is 5.69 Å². The number of hydrogen-bond donors (Lipinski definition) is 1. The molecule has 0 fully saturated rings. The van der Waals surface area contributed by atoms with Gasteiger partial charge in [0.2, 0.25) is 5.91 Å². The van der Waals surface area contributed by atoms with Gasteiger partial charge in [0.1, 0.15) is 6.54 Å².